The van der Waals surface area contributed by atoms with Crippen molar-refractivity contribution in [2.45, 2.75) is 13.3 Å². The molecule has 0 aliphatic heterocycles. The number of rotatable bonds is 8. The van der Waals surface area contributed by atoms with Crippen LogP contribution in [0, 0.1) is 0 Å². The first kappa shape index (κ1) is 18.2. The summed E-state index contributed by atoms with van der Waals surface area (Å²) in [4.78, 5) is 34.2. The smallest absolute Gasteiger partial charge is 0.258 e. The number of benzene rings is 2. The van der Waals surface area contributed by atoms with Gasteiger partial charge >= 0.3 is 0 Å². The van der Waals surface area contributed by atoms with Gasteiger partial charge in [0.25, 0.3) is 5.91 Å². The highest BCUT2D eigenvalue weighted by Crippen LogP contribution is 2.15. The number of carbonyl (C=O) groups excluding carboxylic acids is 3. The highest BCUT2D eigenvalue weighted by molar-refractivity contribution is 5.95. The van der Waals surface area contributed by atoms with E-state index >= 15 is 0 Å². The number of amides is 2. The summed E-state index contributed by atoms with van der Waals surface area (Å²) in [6.07, 6.45) is 1.53. The molecule has 0 aliphatic carbocycles. The summed E-state index contributed by atoms with van der Waals surface area (Å²) in [7, 11) is 0. The third kappa shape index (κ3) is 5.76. The van der Waals surface area contributed by atoms with Crippen molar-refractivity contribution < 1.29 is 19.1 Å². The van der Waals surface area contributed by atoms with Crippen LogP contribution in [0.3, 0.4) is 0 Å². The fourth-order valence-electron chi connectivity index (χ4n) is 2.17. The predicted octanol–water partition coefficient (Wildman–Crippen LogP) is 2.20. The molecule has 0 unspecified atom stereocenters. The van der Waals surface area contributed by atoms with Crippen molar-refractivity contribution >= 4 is 23.8 Å². The fraction of sp³-hybridized carbons (Fsp3) is 0.211. The van der Waals surface area contributed by atoms with Crippen molar-refractivity contribution in [3.05, 3.63) is 59.7 Å². The summed E-state index contributed by atoms with van der Waals surface area (Å²) < 4.78 is 5.29. The standard InChI is InChI=1S/C19H20N2O4/c1-2-15-5-3-4-6-17(15)21-18(23)11-20-19(24)13-25-16-9-7-14(12-22)8-10-16/h3-10,12H,2,11,13H2,1H3,(H,20,24)(H,21,23). The SMILES string of the molecule is CCc1ccccc1NC(=O)CNC(=O)COc1ccc(C=O)cc1. The molecule has 6 nitrogen and oxygen atoms in total. The predicted molar refractivity (Wildman–Crippen MR) is 94.8 cm³/mol. The summed E-state index contributed by atoms with van der Waals surface area (Å²) in [6, 6.07) is 13.9. The average Bonchev–Trinajstić information content (AvgIpc) is 2.65. The van der Waals surface area contributed by atoms with Crippen LogP contribution in [-0.2, 0) is 16.0 Å². The van der Waals surface area contributed by atoms with Gasteiger partial charge in [0.2, 0.25) is 5.91 Å². The Morgan fingerprint density at radius 2 is 1.76 bits per heavy atom. The molecule has 0 fully saturated rings. The van der Waals surface area contributed by atoms with Gasteiger partial charge < -0.3 is 15.4 Å². The van der Waals surface area contributed by atoms with Crippen molar-refractivity contribution in [2.75, 3.05) is 18.5 Å². The molecule has 0 radical (unpaired) electrons. The Hall–Kier alpha value is -3.15. The van der Waals surface area contributed by atoms with E-state index in [1.807, 2.05) is 31.2 Å². The van der Waals surface area contributed by atoms with Crippen LogP contribution < -0.4 is 15.4 Å². The van der Waals surface area contributed by atoms with Crippen LogP contribution in [0.5, 0.6) is 5.75 Å². The lowest BCUT2D eigenvalue weighted by atomic mass is 10.1. The molecule has 0 saturated carbocycles. The number of nitrogens with one attached hydrogen (secondary N) is 2. The summed E-state index contributed by atoms with van der Waals surface area (Å²) in [5.41, 5.74) is 2.31. The van der Waals surface area contributed by atoms with E-state index in [0.29, 0.717) is 11.3 Å². The molecule has 0 aromatic heterocycles. The zero-order chi connectivity index (χ0) is 18.1. The monoisotopic (exact) mass is 340 g/mol. The van der Waals surface area contributed by atoms with Gasteiger partial charge in [0.05, 0.1) is 6.54 Å². The second-order valence-electron chi connectivity index (χ2n) is 5.31. The number of aryl methyl sites for hydroxylation is 1. The van der Waals surface area contributed by atoms with Gasteiger partial charge in [-0.25, -0.2) is 0 Å². The molecule has 0 heterocycles. The largest absolute Gasteiger partial charge is 0.484 e. The fourth-order valence-corrected chi connectivity index (χ4v) is 2.17. The summed E-state index contributed by atoms with van der Waals surface area (Å²) >= 11 is 0. The molecule has 25 heavy (non-hydrogen) atoms. The van der Waals surface area contributed by atoms with Crippen LogP contribution in [0.15, 0.2) is 48.5 Å². The normalized spacial score (nSPS) is 9.96. The van der Waals surface area contributed by atoms with Crippen LogP contribution in [0.4, 0.5) is 5.69 Å². The first-order valence-electron chi connectivity index (χ1n) is 7.95. The highest BCUT2D eigenvalue weighted by Gasteiger charge is 2.08. The molecule has 130 valence electrons. The minimum Gasteiger partial charge on any atom is -0.484 e. The van der Waals surface area contributed by atoms with Gasteiger partial charge in [0.1, 0.15) is 12.0 Å². The molecule has 0 spiro atoms. The minimum atomic E-state index is -0.404. The maximum atomic E-state index is 11.9. The van der Waals surface area contributed by atoms with Crippen molar-refractivity contribution in [1.29, 1.82) is 0 Å². The van der Waals surface area contributed by atoms with E-state index in [-0.39, 0.29) is 19.1 Å². The van der Waals surface area contributed by atoms with Crippen LogP contribution in [0.1, 0.15) is 22.8 Å². The topological polar surface area (TPSA) is 84.5 Å². The van der Waals surface area contributed by atoms with Crippen molar-refractivity contribution in [3.63, 3.8) is 0 Å². The van der Waals surface area contributed by atoms with Crippen molar-refractivity contribution in [3.8, 4) is 5.75 Å². The lowest BCUT2D eigenvalue weighted by Gasteiger charge is -2.10. The summed E-state index contributed by atoms with van der Waals surface area (Å²) in [5.74, 6) is -0.231. The van der Waals surface area contributed by atoms with Gasteiger partial charge in [-0.15, -0.1) is 0 Å². The molecule has 2 rings (SSSR count). The highest BCUT2D eigenvalue weighted by atomic mass is 16.5. The van der Waals surface area contributed by atoms with Gasteiger partial charge in [-0.1, -0.05) is 25.1 Å². The van der Waals surface area contributed by atoms with Crippen LogP contribution in [-0.4, -0.2) is 31.3 Å². The van der Waals surface area contributed by atoms with Crippen molar-refractivity contribution in [1.82, 2.24) is 5.32 Å². The number of hydrogen-bond acceptors (Lipinski definition) is 4. The molecule has 0 bridgehead atoms. The van der Waals surface area contributed by atoms with Crippen LogP contribution >= 0.6 is 0 Å². The first-order valence-corrected chi connectivity index (χ1v) is 7.95. The third-order valence-electron chi connectivity index (χ3n) is 3.50. The average molecular weight is 340 g/mol. The molecular weight excluding hydrogens is 320 g/mol. The number of para-hydroxylation sites is 1. The molecule has 0 aliphatic rings. The zero-order valence-electron chi connectivity index (χ0n) is 14.0. The van der Waals surface area contributed by atoms with Gasteiger partial charge in [0.15, 0.2) is 6.61 Å². The molecule has 2 aromatic carbocycles. The molecule has 2 N–H and O–H groups in total. The van der Waals surface area contributed by atoms with Crippen LogP contribution in [0.2, 0.25) is 0 Å². The Balaban J connectivity index is 1.75. The second kappa shape index (κ2) is 9.22. The molecule has 6 heteroatoms. The zero-order valence-corrected chi connectivity index (χ0v) is 14.0. The lowest BCUT2D eigenvalue weighted by Crippen LogP contribution is -2.35. The number of hydrogen-bond donors (Lipinski definition) is 2. The van der Waals surface area contributed by atoms with E-state index < -0.39 is 5.91 Å². The third-order valence-corrected chi connectivity index (χ3v) is 3.50. The van der Waals surface area contributed by atoms with Gasteiger partial charge in [-0.05, 0) is 42.3 Å². The Labute approximate surface area is 146 Å². The maximum Gasteiger partial charge on any atom is 0.258 e. The summed E-state index contributed by atoms with van der Waals surface area (Å²) in [6.45, 7) is 1.66. The van der Waals surface area contributed by atoms with E-state index in [9.17, 15) is 14.4 Å². The minimum absolute atomic E-state index is 0.135. The number of aldehydes is 1. The van der Waals surface area contributed by atoms with Gasteiger partial charge in [-0.2, -0.15) is 0 Å². The molecule has 0 atom stereocenters. The number of ether oxygens (including phenoxy) is 1. The number of anilines is 1. The van der Waals surface area contributed by atoms with E-state index in [4.69, 9.17) is 4.74 Å². The van der Waals surface area contributed by atoms with Crippen molar-refractivity contribution in [2.24, 2.45) is 0 Å². The molecule has 0 saturated heterocycles. The molecular formula is C19H20N2O4. The Morgan fingerprint density at radius 3 is 2.44 bits per heavy atom. The lowest BCUT2D eigenvalue weighted by molar-refractivity contribution is -0.125. The van der Waals surface area contributed by atoms with E-state index in [0.717, 1.165) is 24.0 Å². The van der Waals surface area contributed by atoms with E-state index in [1.165, 1.54) is 0 Å². The first-order chi connectivity index (χ1) is 12.1. The quantitative estimate of drug-likeness (QED) is 0.722. The van der Waals surface area contributed by atoms with E-state index in [1.54, 1.807) is 24.3 Å². The second-order valence-corrected chi connectivity index (χ2v) is 5.31. The molecule has 2 aromatic rings. The van der Waals surface area contributed by atoms with E-state index in [2.05, 4.69) is 10.6 Å². The Morgan fingerprint density at radius 1 is 1.04 bits per heavy atom. The van der Waals surface area contributed by atoms with Gasteiger partial charge in [0, 0.05) is 11.3 Å². The van der Waals surface area contributed by atoms with Crippen LogP contribution in [0.25, 0.3) is 0 Å². The Bertz CT molecular complexity index is 741. The van der Waals surface area contributed by atoms with Gasteiger partial charge in [-0.3, -0.25) is 14.4 Å². The molecule has 2 amide bonds. The summed E-state index contributed by atoms with van der Waals surface area (Å²) in [5, 5.41) is 5.28. The number of carbonyl (C=O) groups is 3. The Kier molecular flexibility index (Phi) is 6.71. The maximum absolute atomic E-state index is 11.9.